The Morgan fingerprint density at radius 1 is 0.744 bits per heavy atom. The molecule has 3 heterocycles. The molecule has 16 N–H and O–H groups in total. The molecule has 29 heteroatoms. The van der Waals surface area contributed by atoms with Gasteiger partial charge in [0.15, 0.2) is 6.23 Å². The van der Waals surface area contributed by atoms with Gasteiger partial charge in [-0.25, -0.2) is 4.57 Å². The van der Waals surface area contributed by atoms with Crippen molar-refractivity contribution in [3.63, 3.8) is 0 Å². The molecule has 0 bridgehead atoms. The Balaban J connectivity index is 1.54. The predicted molar refractivity (Wildman–Crippen MR) is 269 cm³/mol. The van der Waals surface area contributed by atoms with Gasteiger partial charge in [0, 0.05) is 37.4 Å². The van der Waals surface area contributed by atoms with E-state index in [0.717, 1.165) is 76.6 Å². The van der Waals surface area contributed by atoms with E-state index >= 15 is 0 Å². The molecule has 3 saturated heterocycles. The summed E-state index contributed by atoms with van der Waals surface area (Å²) in [5.41, 5.74) is -3.68. The monoisotopic (exact) mass is 1130 g/mol. The lowest BCUT2D eigenvalue weighted by molar-refractivity contribution is -0.188. The summed E-state index contributed by atoms with van der Waals surface area (Å²) in [5, 5.41) is 112. The molecule has 434 valence electrons. The number of benzene rings is 2. The third-order valence-electron chi connectivity index (χ3n) is 13.7. The lowest BCUT2D eigenvalue weighted by atomic mass is 9.96. The highest BCUT2D eigenvalue weighted by Gasteiger charge is 2.60. The quantitative estimate of drug-likeness (QED) is 0.0530. The Kier molecular flexibility index (Phi) is 22.1. The van der Waals surface area contributed by atoms with Crippen LogP contribution in [-0.2, 0) is 33.3 Å². The van der Waals surface area contributed by atoms with Crippen LogP contribution in [0.25, 0.3) is 0 Å². The Bertz CT molecular complexity index is 2470. The number of unbranched alkanes of at least 4 members (excludes halogenated alkanes) is 5. The second-order valence-electron chi connectivity index (χ2n) is 19.9. The van der Waals surface area contributed by atoms with Crippen LogP contribution in [0.3, 0.4) is 0 Å². The largest absolute Gasteiger partial charge is 0.524 e. The molecule has 0 radical (unpaired) electrons. The first-order valence-corrected chi connectivity index (χ1v) is 27.0. The topological polar surface area (TPSA) is 444 Å². The SMILES string of the molecule is CCCCCCCCOc1ccc(C(=O)N[C@H]2C[C@@H](O)[C@@H](O)NC(=O)[C@]3(O)[C@@H](O)[C@@H](C)CN3C(=O)[C@H]([C@@H](C)O)NC(=O)[C@H]([C@H](O)[C@@H](O)c3ccc(OP(=O)(O)O)cc3)NC(=O)[C@@H]3C[C@@H](O)CN3C(=O)[C@H]([C@@H](C)O)NC2=O)cc1. The zero-order valence-electron chi connectivity index (χ0n) is 43.3. The van der Waals surface area contributed by atoms with Gasteiger partial charge in [-0.05, 0) is 62.2 Å². The van der Waals surface area contributed by atoms with Crippen molar-refractivity contribution in [3.05, 3.63) is 59.7 Å². The molecule has 0 aromatic heterocycles. The Hall–Kier alpha value is -5.88. The van der Waals surface area contributed by atoms with Gasteiger partial charge in [0.25, 0.3) is 17.7 Å². The van der Waals surface area contributed by atoms with Crippen LogP contribution in [0.4, 0.5) is 0 Å². The fraction of sp³-hybridized carbons (Fsp3) is 0.612. The van der Waals surface area contributed by atoms with E-state index in [0.29, 0.717) is 22.2 Å². The zero-order valence-corrected chi connectivity index (χ0v) is 44.2. The van der Waals surface area contributed by atoms with Gasteiger partial charge in [0.1, 0.15) is 66.1 Å². The van der Waals surface area contributed by atoms with E-state index in [9.17, 15) is 93.9 Å². The fourth-order valence-electron chi connectivity index (χ4n) is 9.28. The summed E-state index contributed by atoms with van der Waals surface area (Å²) >= 11 is 0. The Morgan fingerprint density at radius 3 is 1.91 bits per heavy atom. The number of rotatable bonds is 17. The smallest absolute Gasteiger partial charge is 0.494 e. The number of amides is 7. The van der Waals surface area contributed by atoms with Gasteiger partial charge in [0.2, 0.25) is 29.4 Å². The van der Waals surface area contributed by atoms with Crippen LogP contribution in [0.5, 0.6) is 11.5 Å². The molecule has 15 atom stereocenters. The number of hydrogen-bond donors (Lipinski definition) is 16. The molecule has 3 aliphatic rings. The van der Waals surface area contributed by atoms with Gasteiger partial charge < -0.3 is 91.6 Å². The van der Waals surface area contributed by atoms with Crippen molar-refractivity contribution in [2.24, 2.45) is 5.92 Å². The number of nitrogens with one attached hydrogen (secondary N) is 5. The minimum absolute atomic E-state index is 0.0510. The first-order chi connectivity index (χ1) is 36.6. The summed E-state index contributed by atoms with van der Waals surface area (Å²) in [6, 6.07) is -0.794. The molecule has 0 aliphatic carbocycles. The summed E-state index contributed by atoms with van der Waals surface area (Å²) in [6.07, 6.45) is -12.3. The van der Waals surface area contributed by atoms with Crippen molar-refractivity contribution in [2.75, 3.05) is 19.7 Å². The third kappa shape index (κ3) is 15.7. The van der Waals surface area contributed by atoms with Gasteiger partial charge in [-0.15, -0.1) is 0 Å². The van der Waals surface area contributed by atoms with Crippen LogP contribution in [0, 0.1) is 5.92 Å². The normalized spacial score (nSPS) is 29.6. The lowest BCUT2D eigenvalue weighted by Crippen LogP contribution is -2.68. The zero-order chi connectivity index (χ0) is 58.0. The number of carbonyl (C=O) groups excluding carboxylic acids is 7. The van der Waals surface area contributed by atoms with Crippen LogP contribution >= 0.6 is 7.82 Å². The summed E-state index contributed by atoms with van der Waals surface area (Å²) in [5.74, 6) is -10.8. The van der Waals surface area contributed by atoms with Gasteiger partial charge in [-0.1, -0.05) is 58.1 Å². The highest BCUT2D eigenvalue weighted by atomic mass is 31.2. The molecule has 28 nitrogen and oxygen atoms in total. The Labute approximate surface area is 448 Å². The number of fused-ring (bicyclic) bond motifs is 2. The molecule has 3 aliphatic heterocycles. The van der Waals surface area contributed by atoms with Crippen molar-refractivity contribution in [1.82, 2.24) is 36.4 Å². The summed E-state index contributed by atoms with van der Waals surface area (Å²) in [6.45, 7) is 4.50. The molecular formula is C49H72N7O21P. The van der Waals surface area contributed by atoms with Gasteiger partial charge >= 0.3 is 7.82 Å². The van der Waals surface area contributed by atoms with Crippen molar-refractivity contribution in [3.8, 4) is 11.5 Å². The number of hydrogen-bond acceptors (Lipinski definition) is 19. The fourth-order valence-corrected chi connectivity index (χ4v) is 9.67. The van der Waals surface area contributed by atoms with Gasteiger partial charge in [0.05, 0.1) is 24.9 Å². The summed E-state index contributed by atoms with van der Waals surface area (Å²) < 4.78 is 21.7. The lowest BCUT2D eigenvalue weighted by Gasteiger charge is -2.38. The summed E-state index contributed by atoms with van der Waals surface area (Å²) in [7, 11) is -5.06. The standard InChI is InChI=1S/C49H72N7O21P/c1-5-6-7-8-9-10-19-76-30-15-13-28(14-16-30)41(64)50-32-21-34(60)44(67)54-48(71)49(72)40(63)24(2)22-56(49)47(70)36(26(4)58)52-45(68)37(39(62)38(61)27-11-17-31(18-12-27)77-78(73,74)75)53-43(66)33-20-29(59)23-55(33)46(69)35(25(3)57)51-42(32)65/h11-18,24-26,29,32-40,44,57-63,67,72H,5-10,19-23H2,1-4H3,(H,50,64)(H,51,65)(H,52,68)(H,53,66)(H,54,71)(H2,73,74,75)/t24-,25+,26+,29+,32-,33-,34+,35-,36-,37-,38-,39-,40-,44+,49+/m0/s1. The van der Waals surface area contributed by atoms with Crippen molar-refractivity contribution in [1.29, 1.82) is 0 Å². The maximum absolute atomic E-state index is 14.4. The van der Waals surface area contributed by atoms with Crippen molar-refractivity contribution < 1.29 is 103 Å². The average molecular weight is 1130 g/mol. The highest BCUT2D eigenvalue weighted by molar-refractivity contribution is 7.46. The van der Waals surface area contributed by atoms with E-state index in [1.807, 2.05) is 5.32 Å². The summed E-state index contributed by atoms with van der Waals surface area (Å²) in [4.78, 5) is 119. The van der Waals surface area contributed by atoms with Crippen LogP contribution in [-0.4, -0.2) is 205 Å². The van der Waals surface area contributed by atoms with E-state index < -0.39 is 172 Å². The Morgan fingerprint density at radius 2 is 1.31 bits per heavy atom. The minimum Gasteiger partial charge on any atom is -0.494 e. The van der Waals surface area contributed by atoms with E-state index in [1.54, 1.807) is 0 Å². The molecule has 0 saturated carbocycles. The minimum atomic E-state index is -5.06. The number of phosphoric acid groups is 1. The highest BCUT2D eigenvalue weighted by Crippen LogP contribution is 2.38. The van der Waals surface area contributed by atoms with Crippen molar-refractivity contribution in [2.45, 2.75) is 164 Å². The van der Waals surface area contributed by atoms with E-state index in [2.05, 4.69) is 32.7 Å². The maximum Gasteiger partial charge on any atom is 0.524 e. The number of carbonyl (C=O) groups is 7. The van der Waals surface area contributed by atoms with Crippen LogP contribution in [0.15, 0.2) is 48.5 Å². The van der Waals surface area contributed by atoms with Crippen LogP contribution in [0.2, 0.25) is 0 Å². The first-order valence-electron chi connectivity index (χ1n) is 25.5. The third-order valence-corrected chi connectivity index (χ3v) is 14.2. The maximum atomic E-state index is 14.4. The molecule has 0 spiro atoms. The molecule has 2 aromatic carbocycles. The van der Waals surface area contributed by atoms with Gasteiger partial charge in [-0.3, -0.25) is 43.3 Å². The number of phosphoric ester groups is 1. The van der Waals surface area contributed by atoms with Gasteiger partial charge in [-0.2, -0.15) is 0 Å². The number of ether oxygens (including phenoxy) is 1. The average Bonchev–Trinajstić information content (AvgIpc) is 4.01. The van der Waals surface area contributed by atoms with Crippen molar-refractivity contribution >= 4 is 49.2 Å². The predicted octanol–water partition coefficient (Wildman–Crippen LogP) is -4.00. The molecule has 2 aromatic rings. The van der Waals surface area contributed by atoms with E-state index in [4.69, 9.17) is 4.74 Å². The number of nitrogens with zero attached hydrogens (tertiary/aromatic N) is 2. The number of aliphatic hydroxyl groups excluding tert-OH is 8. The van der Waals surface area contributed by atoms with Crippen LogP contribution in [0.1, 0.15) is 101 Å². The molecule has 7 amide bonds. The first kappa shape index (κ1) is 63.0. The second-order valence-corrected chi connectivity index (χ2v) is 21.1. The molecule has 0 unspecified atom stereocenters. The molecule has 5 rings (SSSR count). The molecule has 78 heavy (non-hydrogen) atoms. The number of aliphatic hydroxyl groups is 9. The van der Waals surface area contributed by atoms with Crippen LogP contribution < -0.4 is 35.8 Å². The molecule has 3 fully saturated rings. The van der Waals surface area contributed by atoms with E-state index in [-0.39, 0.29) is 11.1 Å². The molecular weight excluding hydrogens is 1050 g/mol. The van der Waals surface area contributed by atoms with E-state index in [1.165, 1.54) is 31.2 Å². The second kappa shape index (κ2) is 27.3.